The minimum atomic E-state index is -4.61. The van der Waals surface area contributed by atoms with Crippen molar-refractivity contribution in [1.82, 2.24) is 25.6 Å². The summed E-state index contributed by atoms with van der Waals surface area (Å²) in [4.78, 5) is 37.3. The molecule has 3 aromatic rings. The third-order valence-electron chi connectivity index (χ3n) is 8.14. The zero-order valence-corrected chi connectivity index (χ0v) is 25.0. The van der Waals surface area contributed by atoms with Crippen LogP contribution in [-0.2, 0) is 16.1 Å². The van der Waals surface area contributed by atoms with E-state index in [1.165, 1.54) is 19.2 Å². The number of benzene rings is 1. The summed E-state index contributed by atoms with van der Waals surface area (Å²) in [7, 11) is 1.50. The monoisotopic (exact) mass is 658 g/mol. The number of carbonyl (C=O) groups excluding carboxylic acids is 2. The van der Waals surface area contributed by atoms with Crippen molar-refractivity contribution in [2.45, 2.75) is 63.7 Å². The van der Waals surface area contributed by atoms with Crippen molar-refractivity contribution in [2.75, 3.05) is 25.6 Å². The molecule has 0 saturated heterocycles. The number of amides is 2. The van der Waals surface area contributed by atoms with E-state index >= 15 is 0 Å². The molecule has 0 spiro atoms. The second kappa shape index (κ2) is 13.3. The third kappa shape index (κ3) is 7.40. The predicted octanol–water partition coefficient (Wildman–Crippen LogP) is 5.89. The Morgan fingerprint density at radius 1 is 1.11 bits per heavy atom. The molecule has 0 radical (unpaired) electrons. The van der Waals surface area contributed by atoms with Gasteiger partial charge in [0.2, 0.25) is 24.2 Å². The average Bonchev–Trinajstić information content (AvgIpc) is 3.73. The zero-order chi connectivity index (χ0) is 32.4. The average molecular weight is 659 g/mol. The maximum atomic E-state index is 13.3. The highest BCUT2D eigenvalue weighted by Crippen LogP contribution is 2.57. The molecule has 0 atom stereocenters. The van der Waals surface area contributed by atoms with Gasteiger partial charge >= 0.3 is 6.18 Å². The number of imidazole rings is 1. The lowest BCUT2D eigenvalue weighted by molar-refractivity contribution is -0.192. The van der Waals surface area contributed by atoms with Gasteiger partial charge in [0.25, 0.3) is 5.91 Å². The van der Waals surface area contributed by atoms with Crippen LogP contribution in [0.15, 0.2) is 24.3 Å². The number of halogens is 6. The number of anilines is 2. The van der Waals surface area contributed by atoms with Gasteiger partial charge in [-0.3, -0.25) is 9.59 Å². The number of hydrogen-bond acceptors (Lipinski definition) is 7. The number of ether oxygens (including phenoxy) is 2. The number of carbonyl (C=O) groups is 2. The molecule has 2 aliphatic rings. The van der Waals surface area contributed by atoms with E-state index in [0.717, 1.165) is 0 Å². The summed E-state index contributed by atoms with van der Waals surface area (Å²) in [6.45, 7) is 0.195. The normalized spacial score (nSPS) is 19.4. The maximum Gasteiger partial charge on any atom is 0.403 e. The van der Waals surface area contributed by atoms with Gasteiger partial charge in [-0.1, -0.05) is 17.7 Å². The second-order valence-corrected chi connectivity index (χ2v) is 11.7. The Kier molecular flexibility index (Phi) is 9.68. The molecule has 45 heavy (non-hydrogen) atoms. The molecule has 0 aliphatic heterocycles. The van der Waals surface area contributed by atoms with Crippen molar-refractivity contribution < 1.29 is 41.0 Å². The van der Waals surface area contributed by atoms with E-state index < -0.39 is 35.7 Å². The van der Waals surface area contributed by atoms with Gasteiger partial charge in [-0.2, -0.15) is 23.1 Å². The highest BCUT2D eigenvalue weighted by Gasteiger charge is 2.68. The smallest absolute Gasteiger partial charge is 0.403 e. The van der Waals surface area contributed by atoms with E-state index in [1.54, 1.807) is 12.1 Å². The molecule has 0 unspecified atom stereocenters. The zero-order valence-electron chi connectivity index (χ0n) is 24.2. The van der Waals surface area contributed by atoms with Crippen molar-refractivity contribution in [2.24, 2.45) is 11.3 Å². The minimum absolute atomic E-state index is 0.0134. The molecule has 2 heterocycles. The van der Waals surface area contributed by atoms with Crippen molar-refractivity contribution in [1.29, 1.82) is 0 Å². The molecular weight excluding hydrogens is 627 g/mol. The standard InChI is InChI=1S/C29H32ClF5N6O4/c1-44-10-11-45-25-18(24(42)37-17-5-3-16(4-6-17)22(31)32)13-21-23(40-25)41-27(39-21)38-20-12-15(2-7-19(20)30)14-36-26(43)28(8-9-28)29(33,34)35/h2,7,12-13,16-17,22H,3-6,8-11,14H2,1H3,(H,36,43)(H,37,42)(H2,38,39,40,41)/t16-,17-. The quantitative estimate of drug-likeness (QED) is 0.141. The number of aromatic nitrogens is 3. The molecule has 2 aromatic heterocycles. The van der Waals surface area contributed by atoms with Gasteiger partial charge in [-0.05, 0) is 62.3 Å². The Balaban J connectivity index is 1.31. The third-order valence-corrected chi connectivity index (χ3v) is 8.47. The number of pyridine rings is 1. The van der Waals surface area contributed by atoms with E-state index in [9.17, 15) is 31.5 Å². The molecule has 2 fully saturated rings. The Morgan fingerprint density at radius 3 is 2.49 bits per heavy atom. The first-order chi connectivity index (χ1) is 21.4. The van der Waals surface area contributed by atoms with Crippen molar-refractivity contribution in [3.8, 4) is 5.88 Å². The lowest BCUT2D eigenvalue weighted by Crippen LogP contribution is -2.40. The fourth-order valence-electron chi connectivity index (χ4n) is 5.28. The molecule has 4 N–H and O–H groups in total. The van der Waals surface area contributed by atoms with Crippen molar-refractivity contribution in [3.05, 3.63) is 40.4 Å². The summed E-state index contributed by atoms with van der Waals surface area (Å²) in [6, 6.07) is 5.93. The molecule has 1 aromatic carbocycles. The number of alkyl halides is 5. The fourth-order valence-corrected chi connectivity index (χ4v) is 5.44. The predicted molar refractivity (Wildman–Crippen MR) is 155 cm³/mol. The van der Waals surface area contributed by atoms with Gasteiger partial charge in [0, 0.05) is 25.6 Å². The van der Waals surface area contributed by atoms with E-state index in [2.05, 4.69) is 30.9 Å². The number of fused-ring (bicyclic) bond motifs is 1. The molecule has 16 heteroatoms. The van der Waals surface area contributed by atoms with Crippen LogP contribution in [0.3, 0.4) is 0 Å². The number of aromatic amines is 1. The molecular formula is C29H32ClF5N6O4. The molecule has 2 saturated carbocycles. The van der Waals surface area contributed by atoms with E-state index in [0.29, 0.717) is 42.5 Å². The summed E-state index contributed by atoms with van der Waals surface area (Å²) >= 11 is 6.35. The van der Waals surface area contributed by atoms with E-state index in [1.807, 2.05) is 0 Å². The topological polar surface area (TPSA) is 130 Å². The highest BCUT2D eigenvalue weighted by atomic mass is 35.5. The first-order valence-electron chi connectivity index (χ1n) is 14.4. The Labute approximate surface area is 259 Å². The highest BCUT2D eigenvalue weighted by molar-refractivity contribution is 6.33. The molecule has 2 aliphatic carbocycles. The summed E-state index contributed by atoms with van der Waals surface area (Å²) < 4.78 is 76.7. The molecule has 10 nitrogen and oxygen atoms in total. The van der Waals surface area contributed by atoms with E-state index in [4.69, 9.17) is 21.1 Å². The SMILES string of the molecule is COCCOc1nc2nc(Nc3cc(CNC(=O)C4(C(F)(F)F)CC4)ccc3Cl)[nH]c2cc1C(=O)N[C@H]1CC[C@H](C(F)F)CC1. The summed E-state index contributed by atoms with van der Waals surface area (Å²) in [5.41, 5.74) is -0.763. The number of nitrogens with one attached hydrogen (secondary N) is 4. The van der Waals surface area contributed by atoms with Gasteiger partial charge in [-0.25, -0.2) is 8.78 Å². The summed E-state index contributed by atoms with van der Waals surface area (Å²) in [6.07, 6.45) is -5.96. The Morgan fingerprint density at radius 2 is 1.84 bits per heavy atom. The van der Waals surface area contributed by atoms with Gasteiger partial charge in [0.05, 0.1) is 22.8 Å². The van der Waals surface area contributed by atoms with Crippen LogP contribution < -0.4 is 20.7 Å². The van der Waals surface area contributed by atoms with Gasteiger partial charge in [0.15, 0.2) is 5.65 Å². The first-order valence-corrected chi connectivity index (χ1v) is 14.8. The molecule has 0 bridgehead atoms. The Bertz CT molecular complexity index is 1540. The number of methoxy groups -OCH3 is 1. The fraction of sp³-hybridized carbons (Fsp3) is 0.517. The van der Waals surface area contributed by atoms with Crippen LogP contribution in [0.5, 0.6) is 5.88 Å². The summed E-state index contributed by atoms with van der Waals surface area (Å²) in [5, 5.41) is 8.54. The lowest BCUT2D eigenvalue weighted by Gasteiger charge is -2.28. The van der Waals surface area contributed by atoms with E-state index in [-0.39, 0.29) is 66.7 Å². The Hall–Kier alpha value is -3.72. The van der Waals surface area contributed by atoms with Crippen molar-refractivity contribution in [3.63, 3.8) is 0 Å². The van der Waals surface area contributed by atoms with Gasteiger partial charge < -0.3 is 30.4 Å². The van der Waals surface area contributed by atoms with Crippen LogP contribution in [0.4, 0.5) is 33.6 Å². The van der Waals surface area contributed by atoms with Crippen LogP contribution >= 0.6 is 11.6 Å². The van der Waals surface area contributed by atoms with Gasteiger partial charge in [-0.15, -0.1) is 0 Å². The molecule has 5 rings (SSSR count). The number of H-pyrrole nitrogens is 1. The van der Waals surface area contributed by atoms with Crippen LogP contribution in [0.2, 0.25) is 5.02 Å². The van der Waals surface area contributed by atoms with Crippen LogP contribution in [0, 0.1) is 11.3 Å². The maximum absolute atomic E-state index is 13.3. The number of hydrogen-bond donors (Lipinski definition) is 4. The largest absolute Gasteiger partial charge is 0.475 e. The summed E-state index contributed by atoms with van der Waals surface area (Å²) in [5.74, 6) is -2.00. The minimum Gasteiger partial charge on any atom is -0.475 e. The van der Waals surface area contributed by atoms with Gasteiger partial charge in [0.1, 0.15) is 17.6 Å². The van der Waals surface area contributed by atoms with Crippen LogP contribution in [-0.4, -0.2) is 65.7 Å². The second-order valence-electron chi connectivity index (χ2n) is 11.3. The van der Waals surface area contributed by atoms with Crippen LogP contribution in [0.25, 0.3) is 11.2 Å². The molecule has 2 amide bonds. The molecule has 244 valence electrons. The number of rotatable bonds is 12. The van der Waals surface area contributed by atoms with Crippen molar-refractivity contribution >= 4 is 46.2 Å². The first kappa shape index (κ1) is 32.7. The lowest BCUT2D eigenvalue weighted by atomic mass is 9.86. The van der Waals surface area contributed by atoms with Crippen LogP contribution in [0.1, 0.15) is 54.4 Å². The number of nitrogens with zero attached hydrogens (tertiary/aromatic N) is 2.